The van der Waals surface area contributed by atoms with Crippen LogP contribution in [-0.2, 0) is 0 Å². The molecule has 80 valence electrons. The Labute approximate surface area is 83.1 Å². The first-order chi connectivity index (χ1) is 5.89. The van der Waals surface area contributed by atoms with Gasteiger partial charge in [-0.2, -0.15) is 0 Å². The summed E-state index contributed by atoms with van der Waals surface area (Å²) in [7, 11) is 10.5. The zero-order valence-corrected chi connectivity index (χ0v) is 10.0. The number of hydrogen-bond acceptors (Lipinski definition) is 3. The third-order valence-electron chi connectivity index (χ3n) is 2.00. The highest BCUT2D eigenvalue weighted by molar-refractivity contribution is 4.81. The molecule has 0 aromatic heterocycles. The van der Waals surface area contributed by atoms with Crippen molar-refractivity contribution in [2.24, 2.45) is 5.41 Å². The van der Waals surface area contributed by atoms with Crippen LogP contribution in [0.4, 0.5) is 0 Å². The van der Waals surface area contributed by atoms with Crippen LogP contribution in [0.2, 0.25) is 0 Å². The fraction of sp³-hybridized carbons (Fsp3) is 1.00. The molecule has 0 bridgehead atoms. The zero-order valence-electron chi connectivity index (χ0n) is 10.0. The lowest BCUT2D eigenvalue weighted by atomic mass is 9.89. The topological polar surface area (TPSA) is 18.5 Å². The Kier molecular flexibility index (Phi) is 5.53. The van der Waals surface area contributed by atoms with Crippen LogP contribution in [0.5, 0.6) is 0 Å². The van der Waals surface area contributed by atoms with Gasteiger partial charge in [0.25, 0.3) is 0 Å². The van der Waals surface area contributed by atoms with Gasteiger partial charge in [-0.15, -0.1) is 0 Å². The molecule has 0 aromatic carbocycles. The van der Waals surface area contributed by atoms with E-state index >= 15 is 0 Å². The van der Waals surface area contributed by atoms with Gasteiger partial charge in [0.2, 0.25) is 0 Å². The van der Waals surface area contributed by atoms with Crippen LogP contribution in [0, 0.1) is 5.41 Å². The maximum atomic E-state index is 3.27. The lowest BCUT2D eigenvalue weighted by Gasteiger charge is -2.34. The standard InChI is InChI=1S/C10H25N3/c1-10(7-11-2,8-12(3)4)9-13(5)6/h11H,7-9H2,1-6H3. The maximum absolute atomic E-state index is 3.27. The van der Waals surface area contributed by atoms with E-state index in [2.05, 4.69) is 50.2 Å². The first-order valence-electron chi connectivity index (χ1n) is 4.84. The van der Waals surface area contributed by atoms with Crippen LogP contribution in [0.25, 0.3) is 0 Å². The molecule has 3 heteroatoms. The van der Waals surface area contributed by atoms with Gasteiger partial charge in [-0.25, -0.2) is 0 Å². The number of hydrogen-bond donors (Lipinski definition) is 1. The lowest BCUT2D eigenvalue weighted by molar-refractivity contribution is 0.161. The molecule has 0 rings (SSSR count). The van der Waals surface area contributed by atoms with Crippen LogP contribution in [0.15, 0.2) is 0 Å². The highest BCUT2D eigenvalue weighted by Gasteiger charge is 2.24. The summed E-state index contributed by atoms with van der Waals surface area (Å²) in [5, 5.41) is 3.27. The van der Waals surface area contributed by atoms with Crippen LogP contribution < -0.4 is 5.32 Å². The maximum Gasteiger partial charge on any atom is 0.00537 e. The van der Waals surface area contributed by atoms with E-state index in [1.165, 1.54) is 0 Å². The summed E-state index contributed by atoms with van der Waals surface area (Å²) >= 11 is 0. The Bertz CT molecular complexity index is 122. The van der Waals surface area contributed by atoms with E-state index in [4.69, 9.17) is 0 Å². The van der Waals surface area contributed by atoms with Gasteiger partial charge in [-0.1, -0.05) is 6.92 Å². The molecule has 0 amide bonds. The third-order valence-corrected chi connectivity index (χ3v) is 2.00. The predicted octanol–water partition coefficient (Wildman–Crippen LogP) is 0.335. The molecule has 0 heterocycles. The van der Waals surface area contributed by atoms with Gasteiger partial charge in [0.05, 0.1) is 0 Å². The summed E-state index contributed by atoms with van der Waals surface area (Å²) in [6.07, 6.45) is 0. The average Bonchev–Trinajstić information content (AvgIpc) is 1.81. The molecule has 0 saturated carbocycles. The minimum Gasteiger partial charge on any atom is -0.319 e. The van der Waals surface area contributed by atoms with Crippen molar-refractivity contribution in [2.75, 3.05) is 54.9 Å². The van der Waals surface area contributed by atoms with E-state index in [0.29, 0.717) is 5.41 Å². The summed E-state index contributed by atoms with van der Waals surface area (Å²) in [6, 6.07) is 0. The van der Waals surface area contributed by atoms with Gasteiger partial charge in [-0.3, -0.25) is 0 Å². The smallest absolute Gasteiger partial charge is 0.00537 e. The van der Waals surface area contributed by atoms with E-state index in [1.54, 1.807) is 0 Å². The zero-order chi connectivity index (χ0) is 10.5. The Morgan fingerprint density at radius 3 is 1.62 bits per heavy atom. The van der Waals surface area contributed by atoms with E-state index in [0.717, 1.165) is 19.6 Å². The molecule has 0 aromatic rings. The largest absolute Gasteiger partial charge is 0.319 e. The molecule has 0 spiro atoms. The molecule has 3 nitrogen and oxygen atoms in total. The van der Waals surface area contributed by atoms with Crippen molar-refractivity contribution in [3.05, 3.63) is 0 Å². The lowest BCUT2D eigenvalue weighted by Crippen LogP contribution is -2.45. The van der Waals surface area contributed by atoms with Crippen molar-refractivity contribution >= 4 is 0 Å². The summed E-state index contributed by atoms with van der Waals surface area (Å²) in [5.74, 6) is 0. The predicted molar refractivity (Wildman–Crippen MR) is 59.1 cm³/mol. The number of nitrogens with one attached hydrogen (secondary N) is 1. The molecule has 0 aliphatic rings. The highest BCUT2D eigenvalue weighted by Crippen LogP contribution is 2.16. The number of rotatable bonds is 6. The minimum absolute atomic E-state index is 0.335. The second kappa shape index (κ2) is 5.58. The van der Waals surface area contributed by atoms with E-state index in [9.17, 15) is 0 Å². The second-order valence-electron chi connectivity index (χ2n) is 4.82. The van der Waals surface area contributed by atoms with E-state index in [1.807, 2.05) is 7.05 Å². The molecule has 0 aliphatic heterocycles. The van der Waals surface area contributed by atoms with Crippen molar-refractivity contribution in [3.8, 4) is 0 Å². The normalized spacial score (nSPS) is 12.9. The Morgan fingerprint density at radius 2 is 1.38 bits per heavy atom. The first kappa shape index (κ1) is 12.9. The molecule has 0 unspecified atom stereocenters. The first-order valence-corrected chi connectivity index (χ1v) is 4.84. The van der Waals surface area contributed by atoms with Gasteiger partial charge in [0, 0.05) is 25.0 Å². The van der Waals surface area contributed by atoms with Crippen molar-refractivity contribution in [1.82, 2.24) is 15.1 Å². The fourth-order valence-electron chi connectivity index (χ4n) is 2.12. The quantitative estimate of drug-likeness (QED) is 0.647. The van der Waals surface area contributed by atoms with Crippen molar-refractivity contribution in [2.45, 2.75) is 6.92 Å². The number of nitrogens with zero attached hydrogens (tertiary/aromatic N) is 2. The Hall–Kier alpha value is -0.120. The van der Waals surface area contributed by atoms with Crippen molar-refractivity contribution < 1.29 is 0 Å². The van der Waals surface area contributed by atoms with Crippen LogP contribution in [0.1, 0.15) is 6.92 Å². The van der Waals surface area contributed by atoms with Crippen LogP contribution in [0.3, 0.4) is 0 Å². The SMILES string of the molecule is CNCC(C)(CN(C)C)CN(C)C. The second-order valence-corrected chi connectivity index (χ2v) is 4.82. The summed E-state index contributed by atoms with van der Waals surface area (Å²) in [5.41, 5.74) is 0.335. The highest BCUT2D eigenvalue weighted by atomic mass is 15.1. The van der Waals surface area contributed by atoms with Gasteiger partial charge in [-0.05, 0) is 35.2 Å². The van der Waals surface area contributed by atoms with Gasteiger partial charge >= 0.3 is 0 Å². The molecule has 0 atom stereocenters. The summed E-state index contributed by atoms with van der Waals surface area (Å²) in [4.78, 5) is 4.50. The molecule has 0 aliphatic carbocycles. The van der Waals surface area contributed by atoms with Gasteiger partial charge < -0.3 is 15.1 Å². The van der Waals surface area contributed by atoms with Crippen molar-refractivity contribution in [1.29, 1.82) is 0 Å². The summed E-state index contributed by atoms with van der Waals surface area (Å²) < 4.78 is 0. The molecule has 0 saturated heterocycles. The van der Waals surface area contributed by atoms with Crippen LogP contribution in [-0.4, -0.2) is 64.7 Å². The minimum atomic E-state index is 0.335. The van der Waals surface area contributed by atoms with E-state index < -0.39 is 0 Å². The molecular formula is C10H25N3. The molecule has 1 N–H and O–H groups in total. The van der Waals surface area contributed by atoms with Gasteiger partial charge in [0.15, 0.2) is 0 Å². The molecule has 13 heavy (non-hydrogen) atoms. The van der Waals surface area contributed by atoms with Gasteiger partial charge in [0.1, 0.15) is 0 Å². The van der Waals surface area contributed by atoms with Crippen LogP contribution >= 0.6 is 0 Å². The summed E-state index contributed by atoms with van der Waals surface area (Å²) in [6.45, 7) is 5.62. The molecule has 0 fully saturated rings. The fourth-order valence-corrected chi connectivity index (χ4v) is 2.12. The Balaban J connectivity index is 4.15. The van der Waals surface area contributed by atoms with Crippen molar-refractivity contribution in [3.63, 3.8) is 0 Å². The average molecular weight is 187 g/mol. The van der Waals surface area contributed by atoms with E-state index in [-0.39, 0.29) is 0 Å². The monoisotopic (exact) mass is 187 g/mol. The third kappa shape index (κ3) is 6.02. The molecule has 0 radical (unpaired) electrons. The molecular weight excluding hydrogens is 162 g/mol. The Morgan fingerprint density at radius 1 is 1.00 bits per heavy atom.